The summed E-state index contributed by atoms with van der Waals surface area (Å²) in [5.41, 5.74) is 14.2. The number of Topliss-reactive ketones (excluding diaryl/α,β-unsaturated/α-hetero) is 1. The van der Waals surface area contributed by atoms with Crippen LogP contribution in [0.25, 0.3) is 55.6 Å². The van der Waals surface area contributed by atoms with E-state index >= 15 is 0 Å². The highest BCUT2D eigenvalue weighted by atomic mass is 79.9. The normalized spacial score (nSPS) is 10.8. The standard InChI is InChI=1S/C23H18N6S.C22H17BrN4O/c24-23-28-19(14-30-23)21-27-18-11-6-10-17(15-7-2-1-3-8-15)20(18)22(29-21)26-13-16-9-4-5-12-25-16;23-13-19(28)21-26-18-11-6-10-17(15-7-2-1-3-8-15)20(18)22(27-21)25-14-16-9-4-5-12-24-16/h1-12,14H,13H2,(H2,24,28)(H,26,27,29);1-12H,13-14H2,(H,25,26,27). The topological polar surface area (TPSA) is 157 Å². The molecule has 0 saturated heterocycles. The van der Waals surface area contributed by atoms with Crippen LogP contribution >= 0.6 is 27.3 Å². The second-order valence-electron chi connectivity index (χ2n) is 12.9. The van der Waals surface area contributed by atoms with Crippen molar-refractivity contribution in [2.45, 2.75) is 13.1 Å². The van der Waals surface area contributed by atoms with Gasteiger partial charge in [-0.05, 0) is 58.7 Å². The maximum absolute atomic E-state index is 12.2. The molecule has 9 aromatic rings. The van der Waals surface area contributed by atoms with Crippen molar-refractivity contribution in [1.29, 1.82) is 0 Å². The second kappa shape index (κ2) is 17.9. The minimum Gasteiger partial charge on any atom is -0.375 e. The van der Waals surface area contributed by atoms with Gasteiger partial charge in [-0.2, -0.15) is 0 Å². The van der Waals surface area contributed by atoms with Crippen molar-refractivity contribution in [1.82, 2.24) is 34.9 Å². The minimum atomic E-state index is -0.159. The number of nitrogen functional groups attached to an aromatic ring is 1. The van der Waals surface area contributed by atoms with Crippen LogP contribution in [0.15, 0.2) is 151 Å². The summed E-state index contributed by atoms with van der Waals surface area (Å²) >= 11 is 4.58. The van der Waals surface area contributed by atoms with Gasteiger partial charge in [0.25, 0.3) is 0 Å². The van der Waals surface area contributed by atoms with Gasteiger partial charge >= 0.3 is 0 Å². The molecule has 0 atom stereocenters. The third-order valence-corrected chi connectivity index (χ3v) is 10.2. The van der Waals surface area contributed by atoms with Crippen LogP contribution in [0.5, 0.6) is 0 Å². The Hall–Kier alpha value is -6.96. The summed E-state index contributed by atoms with van der Waals surface area (Å²) in [5, 5.41) is 11.2. The lowest BCUT2D eigenvalue weighted by atomic mass is 10.0. The number of pyridine rings is 2. The maximum Gasteiger partial charge on any atom is 0.210 e. The van der Waals surface area contributed by atoms with Gasteiger partial charge in [-0.3, -0.25) is 14.8 Å². The van der Waals surface area contributed by atoms with Crippen molar-refractivity contribution < 1.29 is 4.79 Å². The Labute approximate surface area is 346 Å². The Bertz CT molecular complexity index is 2810. The summed E-state index contributed by atoms with van der Waals surface area (Å²) in [6.07, 6.45) is 3.54. The third-order valence-electron chi connectivity index (χ3n) is 9.06. The molecule has 0 spiro atoms. The van der Waals surface area contributed by atoms with E-state index in [0.717, 1.165) is 61.3 Å². The van der Waals surface area contributed by atoms with E-state index < -0.39 is 0 Å². The number of fused-ring (bicyclic) bond motifs is 2. The number of aromatic nitrogens is 7. The molecule has 13 heteroatoms. The van der Waals surface area contributed by atoms with Crippen molar-refractivity contribution >= 4 is 71.6 Å². The predicted molar refractivity (Wildman–Crippen MR) is 237 cm³/mol. The zero-order valence-corrected chi connectivity index (χ0v) is 33.4. The van der Waals surface area contributed by atoms with Gasteiger partial charge in [0.1, 0.15) is 17.3 Å². The molecule has 4 aromatic carbocycles. The van der Waals surface area contributed by atoms with Gasteiger partial charge in [-0.1, -0.05) is 113 Å². The number of hydrogen-bond donors (Lipinski definition) is 3. The molecule has 9 rings (SSSR count). The number of nitrogens with zero attached hydrogens (tertiary/aromatic N) is 7. The average Bonchev–Trinajstić information content (AvgIpc) is 3.74. The van der Waals surface area contributed by atoms with Crippen LogP contribution in [0.3, 0.4) is 0 Å². The summed E-state index contributed by atoms with van der Waals surface area (Å²) in [4.78, 5) is 44.0. The summed E-state index contributed by atoms with van der Waals surface area (Å²) in [6.45, 7) is 1.05. The van der Waals surface area contributed by atoms with Crippen LogP contribution in [-0.2, 0) is 13.1 Å². The molecule has 0 bridgehead atoms. The van der Waals surface area contributed by atoms with E-state index in [0.29, 0.717) is 35.6 Å². The molecular weight excluding hydrogens is 809 g/mol. The molecule has 0 unspecified atom stereocenters. The zero-order chi connectivity index (χ0) is 39.7. The van der Waals surface area contributed by atoms with Gasteiger partial charge in [-0.25, -0.2) is 24.9 Å². The van der Waals surface area contributed by atoms with Crippen LogP contribution in [0.4, 0.5) is 16.8 Å². The van der Waals surface area contributed by atoms with Crippen molar-refractivity contribution in [3.8, 4) is 33.8 Å². The molecule has 0 aliphatic rings. The molecule has 0 fully saturated rings. The Morgan fingerprint density at radius 1 is 0.586 bits per heavy atom. The van der Waals surface area contributed by atoms with Gasteiger partial charge in [0, 0.05) is 17.8 Å². The van der Waals surface area contributed by atoms with E-state index in [-0.39, 0.29) is 16.9 Å². The number of thiazole rings is 1. The number of carbonyl (C=O) groups excluding carboxylic acids is 1. The van der Waals surface area contributed by atoms with Crippen LogP contribution in [-0.4, -0.2) is 46.0 Å². The lowest BCUT2D eigenvalue weighted by Crippen LogP contribution is -2.11. The number of hydrogen-bond acceptors (Lipinski definition) is 12. The van der Waals surface area contributed by atoms with Crippen molar-refractivity contribution in [3.05, 3.63) is 168 Å². The Balaban J connectivity index is 0.000000162. The van der Waals surface area contributed by atoms with E-state index in [4.69, 9.17) is 15.7 Å². The van der Waals surface area contributed by atoms with Gasteiger partial charge in [0.05, 0.1) is 51.6 Å². The number of rotatable bonds is 11. The number of ketones is 1. The van der Waals surface area contributed by atoms with Crippen LogP contribution in [0.2, 0.25) is 0 Å². The first-order valence-electron chi connectivity index (χ1n) is 18.3. The highest BCUT2D eigenvalue weighted by molar-refractivity contribution is 9.09. The fraction of sp³-hybridized carbons (Fsp3) is 0.0667. The maximum atomic E-state index is 12.2. The molecular formula is C45H35BrN10OS. The number of carbonyl (C=O) groups is 1. The first-order valence-corrected chi connectivity index (χ1v) is 20.3. The molecule has 284 valence electrons. The van der Waals surface area contributed by atoms with Crippen LogP contribution in [0, 0.1) is 0 Å². The number of anilines is 3. The molecule has 4 N–H and O–H groups in total. The number of alkyl halides is 1. The van der Waals surface area contributed by atoms with Gasteiger partial charge in [0.2, 0.25) is 5.78 Å². The van der Waals surface area contributed by atoms with Gasteiger partial charge in [0.15, 0.2) is 16.8 Å². The molecule has 0 aliphatic heterocycles. The first kappa shape index (κ1) is 37.9. The molecule has 5 aromatic heterocycles. The largest absolute Gasteiger partial charge is 0.375 e. The summed E-state index contributed by atoms with van der Waals surface area (Å²) < 4.78 is 0. The monoisotopic (exact) mass is 842 g/mol. The lowest BCUT2D eigenvalue weighted by molar-refractivity contribution is 0.101. The summed E-state index contributed by atoms with van der Waals surface area (Å²) in [6, 6.07) is 43.9. The number of halogens is 1. The van der Waals surface area contributed by atoms with Crippen molar-refractivity contribution in [2.75, 3.05) is 21.7 Å². The Morgan fingerprint density at radius 3 is 1.62 bits per heavy atom. The van der Waals surface area contributed by atoms with E-state index in [9.17, 15) is 4.79 Å². The summed E-state index contributed by atoms with van der Waals surface area (Å²) in [5.74, 6) is 1.95. The molecule has 0 saturated carbocycles. The van der Waals surface area contributed by atoms with Crippen molar-refractivity contribution in [3.63, 3.8) is 0 Å². The van der Waals surface area contributed by atoms with E-state index in [1.54, 1.807) is 12.4 Å². The van der Waals surface area contributed by atoms with Crippen LogP contribution < -0.4 is 16.4 Å². The predicted octanol–water partition coefficient (Wildman–Crippen LogP) is 9.89. The van der Waals surface area contributed by atoms with E-state index in [1.807, 2.05) is 109 Å². The fourth-order valence-corrected chi connectivity index (χ4v) is 7.17. The first-order chi connectivity index (χ1) is 28.5. The van der Waals surface area contributed by atoms with Crippen LogP contribution in [0.1, 0.15) is 22.0 Å². The molecule has 0 radical (unpaired) electrons. The number of nitrogens with two attached hydrogens (primary N) is 1. The second-order valence-corrected chi connectivity index (χ2v) is 14.4. The molecule has 0 aliphatic carbocycles. The molecule has 5 heterocycles. The highest BCUT2D eigenvalue weighted by Crippen LogP contribution is 2.35. The molecule has 0 amide bonds. The molecule has 11 nitrogen and oxygen atoms in total. The highest BCUT2D eigenvalue weighted by Gasteiger charge is 2.18. The Morgan fingerprint density at radius 2 is 1.12 bits per heavy atom. The molecule has 58 heavy (non-hydrogen) atoms. The smallest absolute Gasteiger partial charge is 0.210 e. The fourth-order valence-electron chi connectivity index (χ4n) is 6.38. The number of benzene rings is 4. The summed E-state index contributed by atoms with van der Waals surface area (Å²) in [7, 11) is 0. The lowest BCUT2D eigenvalue weighted by Gasteiger charge is -2.14. The van der Waals surface area contributed by atoms with E-state index in [2.05, 4.69) is 81.8 Å². The average molecular weight is 844 g/mol. The van der Waals surface area contributed by atoms with Crippen molar-refractivity contribution in [2.24, 2.45) is 0 Å². The van der Waals surface area contributed by atoms with Gasteiger partial charge < -0.3 is 16.4 Å². The minimum absolute atomic E-state index is 0.159. The number of nitrogens with one attached hydrogen (secondary N) is 2. The third kappa shape index (κ3) is 8.70. The SMILES string of the molecule is Nc1nc(-c2nc(NCc3ccccn3)c3c(-c4ccccc4)cccc3n2)cs1.O=C(CBr)c1nc(NCc2ccccn2)c2c(-c3ccccc3)cccc2n1. The Kier molecular flexibility index (Phi) is 11.7. The van der Waals surface area contributed by atoms with E-state index in [1.165, 1.54) is 11.3 Å². The van der Waals surface area contributed by atoms with Gasteiger partial charge in [-0.15, -0.1) is 11.3 Å². The quantitative estimate of drug-likeness (QED) is 0.0841. The zero-order valence-electron chi connectivity index (χ0n) is 31.0.